The number of fused-ring (bicyclic) bond motifs is 2. The van der Waals surface area contributed by atoms with Gasteiger partial charge in [0.05, 0.1) is 16.5 Å². The average molecular weight is 319 g/mol. The molecule has 1 aliphatic rings. The molecular formula is C18H13N3O3. The number of carboxylic acid groups (broad SMARTS) is 1. The van der Waals surface area contributed by atoms with Gasteiger partial charge < -0.3 is 5.11 Å². The lowest BCUT2D eigenvalue weighted by Crippen LogP contribution is -2.21. The maximum absolute atomic E-state index is 12.6. The molecule has 3 heterocycles. The second kappa shape index (κ2) is 5.42. The summed E-state index contributed by atoms with van der Waals surface area (Å²) < 4.78 is 1.64. The minimum atomic E-state index is -1.04. The maximum Gasteiger partial charge on any atom is 0.335 e. The molecule has 0 amide bonds. The molecule has 6 nitrogen and oxygen atoms in total. The number of pyridine rings is 1. The third-order valence-electron chi connectivity index (χ3n) is 4.12. The van der Waals surface area contributed by atoms with E-state index in [1.807, 2.05) is 18.2 Å². The van der Waals surface area contributed by atoms with E-state index in [1.54, 1.807) is 17.0 Å². The van der Waals surface area contributed by atoms with Crippen LogP contribution in [0.25, 0.3) is 22.6 Å². The zero-order chi connectivity index (χ0) is 16.7. The number of hydrogen-bond donors (Lipinski definition) is 1. The van der Waals surface area contributed by atoms with Crippen molar-refractivity contribution in [2.24, 2.45) is 0 Å². The first-order valence-electron chi connectivity index (χ1n) is 7.52. The fourth-order valence-corrected chi connectivity index (χ4v) is 2.95. The summed E-state index contributed by atoms with van der Waals surface area (Å²) in [5.74, 6) is -0.440. The number of rotatable bonds is 2. The Morgan fingerprint density at radius 2 is 2.17 bits per heavy atom. The van der Waals surface area contributed by atoms with Gasteiger partial charge in [-0.25, -0.2) is 9.78 Å². The summed E-state index contributed by atoms with van der Waals surface area (Å²) in [5.41, 5.74) is 2.28. The van der Waals surface area contributed by atoms with Crippen LogP contribution in [0.2, 0.25) is 0 Å². The Labute approximate surface area is 136 Å². The van der Waals surface area contributed by atoms with E-state index >= 15 is 0 Å². The van der Waals surface area contributed by atoms with Gasteiger partial charge in [-0.05, 0) is 47.9 Å². The van der Waals surface area contributed by atoms with E-state index in [1.165, 1.54) is 18.2 Å². The molecule has 2 aromatic heterocycles. The monoisotopic (exact) mass is 319 g/mol. The molecule has 0 aliphatic carbocycles. The Morgan fingerprint density at radius 1 is 1.29 bits per heavy atom. The number of nitrogens with zero attached hydrogens (tertiary/aromatic N) is 3. The fraction of sp³-hybridized carbons (Fsp3) is 0.111. The number of benzene rings is 1. The summed E-state index contributed by atoms with van der Waals surface area (Å²) in [6, 6.07) is 8.19. The largest absolute Gasteiger partial charge is 0.478 e. The normalized spacial score (nSPS) is 14.9. The first kappa shape index (κ1) is 14.3. The highest BCUT2D eigenvalue weighted by atomic mass is 16.4. The third kappa shape index (κ3) is 2.28. The molecule has 0 saturated heterocycles. The first-order chi connectivity index (χ1) is 11.6. The minimum absolute atomic E-state index is 0.120. The maximum atomic E-state index is 12.6. The van der Waals surface area contributed by atoms with E-state index in [-0.39, 0.29) is 11.1 Å². The van der Waals surface area contributed by atoms with Crippen molar-refractivity contribution in [2.75, 3.05) is 0 Å². The van der Waals surface area contributed by atoms with E-state index in [4.69, 9.17) is 5.11 Å². The van der Waals surface area contributed by atoms with Crippen LogP contribution in [-0.4, -0.2) is 25.6 Å². The number of carbonyl (C=O) groups is 1. The lowest BCUT2D eigenvalue weighted by molar-refractivity contribution is 0.0697. The number of hydrogen-bond acceptors (Lipinski definition) is 4. The second-order valence-electron chi connectivity index (χ2n) is 5.64. The molecule has 0 radical (unpaired) electrons. The standard InChI is InChI=1S/C18H13N3O3/c22-17-14-4-3-13(18(23)24)9-15(14)20-16-12(5-7-21(16)17)8-11-2-1-6-19-10-11/h1-4,6,8-10H,5,7H2,(H,23,24). The number of aromatic nitrogens is 3. The summed E-state index contributed by atoms with van der Waals surface area (Å²) in [5, 5.41) is 9.56. The van der Waals surface area contributed by atoms with Gasteiger partial charge in [-0.15, -0.1) is 0 Å². The van der Waals surface area contributed by atoms with Gasteiger partial charge in [0, 0.05) is 18.9 Å². The zero-order valence-corrected chi connectivity index (χ0v) is 12.6. The molecule has 3 aromatic rings. The molecule has 0 fully saturated rings. The fourth-order valence-electron chi connectivity index (χ4n) is 2.95. The minimum Gasteiger partial charge on any atom is -0.478 e. The van der Waals surface area contributed by atoms with Crippen molar-refractivity contribution in [1.82, 2.24) is 14.5 Å². The Kier molecular flexibility index (Phi) is 3.23. The van der Waals surface area contributed by atoms with Crippen molar-refractivity contribution in [3.63, 3.8) is 0 Å². The number of carboxylic acids is 1. The van der Waals surface area contributed by atoms with E-state index in [0.29, 0.717) is 29.7 Å². The lowest BCUT2D eigenvalue weighted by Gasteiger charge is -2.06. The molecule has 0 saturated carbocycles. The molecule has 4 rings (SSSR count). The van der Waals surface area contributed by atoms with Crippen LogP contribution in [0.4, 0.5) is 0 Å². The summed E-state index contributed by atoms with van der Waals surface area (Å²) in [7, 11) is 0. The molecule has 0 unspecified atom stereocenters. The quantitative estimate of drug-likeness (QED) is 0.784. The van der Waals surface area contributed by atoms with Crippen molar-refractivity contribution in [3.8, 4) is 0 Å². The molecule has 24 heavy (non-hydrogen) atoms. The van der Waals surface area contributed by atoms with Crippen LogP contribution in [0.1, 0.15) is 28.2 Å². The predicted octanol–water partition coefficient (Wildman–Crippen LogP) is 2.43. The Balaban J connectivity index is 1.92. The van der Waals surface area contributed by atoms with Crippen molar-refractivity contribution in [3.05, 3.63) is 70.0 Å². The van der Waals surface area contributed by atoms with Gasteiger partial charge in [0.2, 0.25) is 0 Å². The molecular weight excluding hydrogens is 306 g/mol. The van der Waals surface area contributed by atoms with Gasteiger partial charge in [0.15, 0.2) is 0 Å². The summed E-state index contributed by atoms with van der Waals surface area (Å²) >= 11 is 0. The van der Waals surface area contributed by atoms with Crippen molar-refractivity contribution < 1.29 is 9.90 Å². The van der Waals surface area contributed by atoms with Crippen LogP contribution >= 0.6 is 0 Å². The summed E-state index contributed by atoms with van der Waals surface area (Å²) in [6.07, 6.45) is 6.12. The lowest BCUT2D eigenvalue weighted by atomic mass is 10.1. The molecule has 0 spiro atoms. The van der Waals surface area contributed by atoms with Gasteiger partial charge >= 0.3 is 5.97 Å². The highest BCUT2D eigenvalue weighted by Gasteiger charge is 2.21. The van der Waals surface area contributed by atoms with E-state index < -0.39 is 5.97 Å². The van der Waals surface area contributed by atoms with Crippen molar-refractivity contribution in [2.45, 2.75) is 13.0 Å². The third-order valence-corrected chi connectivity index (χ3v) is 4.12. The molecule has 0 atom stereocenters. The molecule has 1 N–H and O–H groups in total. The second-order valence-corrected chi connectivity index (χ2v) is 5.64. The van der Waals surface area contributed by atoms with Crippen LogP contribution < -0.4 is 5.56 Å². The van der Waals surface area contributed by atoms with Crippen LogP contribution in [0, 0.1) is 0 Å². The van der Waals surface area contributed by atoms with Crippen molar-refractivity contribution in [1.29, 1.82) is 0 Å². The topological polar surface area (TPSA) is 85.1 Å². The SMILES string of the molecule is O=C(O)c1ccc2c(=O)n3c(nc2c1)C(=Cc1cccnc1)CC3. The molecule has 1 aliphatic heterocycles. The van der Waals surface area contributed by atoms with Crippen LogP contribution in [-0.2, 0) is 6.54 Å². The van der Waals surface area contributed by atoms with Gasteiger partial charge in [0.25, 0.3) is 5.56 Å². The smallest absolute Gasteiger partial charge is 0.335 e. The van der Waals surface area contributed by atoms with Crippen LogP contribution in [0.3, 0.4) is 0 Å². The van der Waals surface area contributed by atoms with Gasteiger partial charge in [-0.2, -0.15) is 0 Å². The van der Waals surface area contributed by atoms with Crippen LogP contribution in [0.15, 0.2) is 47.5 Å². The Hall–Kier alpha value is -3.28. The van der Waals surface area contributed by atoms with Crippen molar-refractivity contribution >= 4 is 28.5 Å². The van der Waals surface area contributed by atoms with Crippen LogP contribution in [0.5, 0.6) is 0 Å². The first-order valence-corrected chi connectivity index (χ1v) is 7.52. The highest BCUT2D eigenvalue weighted by molar-refractivity contribution is 5.93. The average Bonchev–Trinajstić information content (AvgIpc) is 2.98. The van der Waals surface area contributed by atoms with Gasteiger partial charge in [-0.3, -0.25) is 14.3 Å². The molecule has 1 aromatic carbocycles. The van der Waals surface area contributed by atoms with E-state index in [9.17, 15) is 9.59 Å². The van der Waals surface area contributed by atoms with E-state index in [0.717, 1.165) is 11.1 Å². The van der Waals surface area contributed by atoms with Gasteiger partial charge in [0.1, 0.15) is 5.82 Å². The Morgan fingerprint density at radius 3 is 2.92 bits per heavy atom. The number of aromatic carboxylic acids is 1. The molecule has 0 bridgehead atoms. The molecule has 118 valence electrons. The van der Waals surface area contributed by atoms with Gasteiger partial charge in [-0.1, -0.05) is 6.07 Å². The predicted molar refractivity (Wildman–Crippen MR) is 89.7 cm³/mol. The summed E-state index contributed by atoms with van der Waals surface area (Å²) in [4.78, 5) is 32.4. The number of allylic oxidation sites excluding steroid dienone is 1. The Bertz CT molecular complexity index is 1050. The molecule has 6 heteroatoms. The summed E-state index contributed by atoms with van der Waals surface area (Å²) in [6.45, 7) is 0.573. The zero-order valence-electron chi connectivity index (χ0n) is 12.6. The highest BCUT2D eigenvalue weighted by Crippen LogP contribution is 2.27. The van der Waals surface area contributed by atoms with E-state index in [2.05, 4.69) is 9.97 Å².